The van der Waals surface area contributed by atoms with E-state index in [0.29, 0.717) is 36.9 Å². The quantitative estimate of drug-likeness (QED) is 0.719. The van der Waals surface area contributed by atoms with E-state index in [9.17, 15) is 22.8 Å². The zero-order valence-corrected chi connectivity index (χ0v) is 15.2. The Morgan fingerprint density at radius 1 is 1.23 bits per heavy atom. The molecule has 140 valence electrons. The van der Waals surface area contributed by atoms with Gasteiger partial charge in [0.1, 0.15) is 4.88 Å². The van der Waals surface area contributed by atoms with Gasteiger partial charge >= 0.3 is 12.1 Å². The number of thiophene rings is 1. The fourth-order valence-electron chi connectivity index (χ4n) is 3.49. The van der Waals surface area contributed by atoms with Crippen molar-refractivity contribution in [2.24, 2.45) is 0 Å². The number of ether oxygens (including phenoxy) is 1. The van der Waals surface area contributed by atoms with Crippen LogP contribution < -0.4 is 0 Å². The van der Waals surface area contributed by atoms with Gasteiger partial charge < -0.3 is 9.64 Å². The van der Waals surface area contributed by atoms with E-state index in [1.54, 1.807) is 11.0 Å². The van der Waals surface area contributed by atoms with E-state index in [4.69, 9.17) is 4.74 Å². The van der Waals surface area contributed by atoms with Crippen molar-refractivity contribution in [2.75, 3.05) is 20.2 Å². The van der Waals surface area contributed by atoms with E-state index < -0.39 is 17.7 Å². The second-order valence-electron chi connectivity index (χ2n) is 6.30. The molecule has 1 aliphatic rings. The summed E-state index contributed by atoms with van der Waals surface area (Å²) in [5, 5.41) is 0.450. The van der Waals surface area contributed by atoms with Gasteiger partial charge in [-0.15, -0.1) is 11.3 Å². The van der Waals surface area contributed by atoms with Gasteiger partial charge in [0.25, 0.3) is 0 Å². The molecule has 3 rings (SSSR count). The van der Waals surface area contributed by atoms with Crippen LogP contribution >= 0.6 is 11.3 Å². The molecule has 1 aromatic heterocycles. The van der Waals surface area contributed by atoms with Gasteiger partial charge in [-0.2, -0.15) is 13.2 Å². The highest BCUT2D eigenvalue weighted by Gasteiger charge is 2.36. The minimum Gasteiger partial charge on any atom is -0.465 e. The molecule has 0 saturated carbocycles. The third kappa shape index (κ3) is 3.30. The molecule has 4 nitrogen and oxygen atoms in total. The van der Waals surface area contributed by atoms with E-state index in [1.807, 2.05) is 0 Å². The molecule has 0 bridgehead atoms. The molecule has 1 amide bonds. The zero-order valence-electron chi connectivity index (χ0n) is 14.4. The second kappa shape index (κ2) is 6.90. The van der Waals surface area contributed by atoms with Crippen LogP contribution in [0.2, 0.25) is 0 Å². The van der Waals surface area contributed by atoms with E-state index in [-0.39, 0.29) is 21.4 Å². The van der Waals surface area contributed by atoms with E-state index in [2.05, 4.69) is 0 Å². The van der Waals surface area contributed by atoms with Crippen molar-refractivity contribution in [1.82, 2.24) is 4.90 Å². The fourth-order valence-corrected chi connectivity index (χ4v) is 4.83. The van der Waals surface area contributed by atoms with E-state index >= 15 is 0 Å². The molecule has 2 heterocycles. The summed E-state index contributed by atoms with van der Waals surface area (Å²) in [6.07, 6.45) is -3.29. The number of fused-ring (bicyclic) bond motifs is 1. The molecule has 1 aromatic carbocycles. The van der Waals surface area contributed by atoms with Gasteiger partial charge in [0.2, 0.25) is 5.91 Å². The molecular weight excluding hydrogens is 367 g/mol. The number of esters is 1. The SMILES string of the molecule is COC(=O)c1sc2c(C(F)(F)F)cccc2c1C1CCN(C(C)=O)CC1. The number of likely N-dealkylation sites (tertiary alicyclic amines) is 1. The third-order valence-electron chi connectivity index (χ3n) is 4.78. The van der Waals surface area contributed by atoms with Crippen LogP contribution in [0.3, 0.4) is 0 Å². The lowest BCUT2D eigenvalue weighted by atomic mass is 9.87. The van der Waals surface area contributed by atoms with Crippen molar-refractivity contribution in [3.05, 3.63) is 34.2 Å². The number of rotatable bonds is 2. The summed E-state index contributed by atoms with van der Waals surface area (Å²) in [4.78, 5) is 25.7. The highest BCUT2D eigenvalue weighted by Crippen LogP contribution is 2.45. The van der Waals surface area contributed by atoms with Crippen molar-refractivity contribution < 1.29 is 27.5 Å². The number of methoxy groups -OCH3 is 1. The van der Waals surface area contributed by atoms with Crippen LogP contribution in [0.1, 0.15) is 46.5 Å². The molecule has 1 aliphatic heterocycles. The number of carbonyl (C=O) groups excluding carboxylic acids is 2. The normalized spacial score (nSPS) is 16.1. The predicted molar refractivity (Wildman–Crippen MR) is 92.4 cm³/mol. The van der Waals surface area contributed by atoms with E-state index in [1.165, 1.54) is 20.1 Å². The summed E-state index contributed by atoms with van der Waals surface area (Å²) in [7, 11) is 1.22. The Morgan fingerprint density at radius 2 is 1.88 bits per heavy atom. The van der Waals surface area contributed by atoms with Crippen LogP contribution in [-0.2, 0) is 15.7 Å². The van der Waals surface area contributed by atoms with Gasteiger partial charge in [-0.1, -0.05) is 12.1 Å². The molecule has 8 heteroatoms. The van der Waals surface area contributed by atoms with Crippen LogP contribution in [0.4, 0.5) is 13.2 Å². The second-order valence-corrected chi connectivity index (χ2v) is 7.32. The molecule has 26 heavy (non-hydrogen) atoms. The highest BCUT2D eigenvalue weighted by molar-refractivity contribution is 7.21. The summed E-state index contributed by atoms with van der Waals surface area (Å²) in [6, 6.07) is 4.02. The van der Waals surface area contributed by atoms with Crippen molar-refractivity contribution in [3.8, 4) is 0 Å². The van der Waals surface area contributed by atoms with Crippen LogP contribution in [0.25, 0.3) is 10.1 Å². The van der Waals surface area contributed by atoms with Crippen LogP contribution in [0, 0.1) is 0 Å². The average molecular weight is 385 g/mol. The number of hydrogen-bond acceptors (Lipinski definition) is 4. The lowest BCUT2D eigenvalue weighted by molar-refractivity contribution is -0.136. The summed E-state index contributed by atoms with van der Waals surface area (Å²) in [6.45, 7) is 2.55. The number of alkyl halides is 3. The smallest absolute Gasteiger partial charge is 0.417 e. The largest absolute Gasteiger partial charge is 0.465 e. The first-order chi connectivity index (χ1) is 12.2. The zero-order chi connectivity index (χ0) is 19.1. The maximum Gasteiger partial charge on any atom is 0.417 e. The molecule has 0 N–H and O–H groups in total. The van der Waals surface area contributed by atoms with Crippen molar-refractivity contribution in [1.29, 1.82) is 0 Å². The molecule has 0 unspecified atom stereocenters. The topological polar surface area (TPSA) is 46.6 Å². The van der Waals surface area contributed by atoms with Gasteiger partial charge in [-0.3, -0.25) is 4.79 Å². The molecule has 0 aliphatic carbocycles. The van der Waals surface area contributed by atoms with Gasteiger partial charge in [0.05, 0.1) is 12.7 Å². The van der Waals surface area contributed by atoms with Gasteiger partial charge in [0.15, 0.2) is 0 Å². The number of amides is 1. The number of piperidine rings is 1. The predicted octanol–water partition coefficient (Wildman–Crippen LogP) is 4.43. The average Bonchev–Trinajstić information content (AvgIpc) is 2.99. The van der Waals surface area contributed by atoms with Crippen molar-refractivity contribution >= 4 is 33.3 Å². The van der Waals surface area contributed by atoms with Gasteiger partial charge in [0, 0.05) is 24.7 Å². The molecule has 1 saturated heterocycles. The Labute approximate surface area is 152 Å². The Bertz CT molecular complexity index is 851. The van der Waals surface area contributed by atoms with Crippen molar-refractivity contribution in [3.63, 3.8) is 0 Å². The fraction of sp³-hybridized carbons (Fsp3) is 0.444. The number of halogens is 3. The lowest BCUT2D eigenvalue weighted by Crippen LogP contribution is -2.36. The number of nitrogens with zero attached hydrogens (tertiary/aromatic N) is 1. The summed E-state index contributed by atoms with van der Waals surface area (Å²) in [5.41, 5.74) is -0.122. The van der Waals surface area contributed by atoms with Crippen LogP contribution in [-0.4, -0.2) is 37.0 Å². The maximum absolute atomic E-state index is 13.4. The molecule has 2 aromatic rings. The number of carbonyl (C=O) groups is 2. The summed E-state index contributed by atoms with van der Waals surface area (Å²) >= 11 is 0.836. The Balaban J connectivity index is 2.11. The van der Waals surface area contributed by atoms with E-state index in [0.717, 1.165) is 17.4 Å². The molecule has 0 atom stereocenters. The lowest BCUT2D eigenvalue weighted by Gasteiger charge is -2.31. The number of hydrogen-bond donors (Lipinski definition) is 0. The first kappa shape index (κ1) is 18.7. The monoisotopic (exact) mass is 385 g/mol. The van der Waals surface area contributed by atoms with Crippen LogP contribution in [0.5, 0.6) is 0 Å². The standard InChI is InChI=1S/C18H18F3NO3S/c1-10(23)22-8-6-11(7-9-22)14-12-4-3-5-13(18(19,20)21)15(12)26-16(14)17(24)25-2/h3-5,11H,6-9H2,1-2H3. The molecular formula is C18H18F3NO3S. The molecule has 0 radical (unpaired) electrons. The van der Waals surface area contributed by atoms with Crippen LogP contribution in [0.15, 0.2) is 18.2 Å². The Morgan fingerprint density at radius 3 is 2.42 bits per heavy atom. The minimum atomic E-state index is -4.49. The Kier molecular flexibility index (Phi) is 4.96. The van der Waals surface area contributed by atoms with Gasteiger partial charge in [-0.25, -0.2) is 4.79 Å². The minimum absolute atomic E-state index is 0.0221. The third-order valence-corrected chi connectivity index (χ3v) is 6.01. The number of benzene rings is 1. The highest BCUT2D eigenvalue weighted by atomic mass is 32.1. The molecule has 0 spiro atoms. The first-order valence-electron chi connectivity index (χ1n) is 8.20. The van der Waals surface area contributed by atoms with Crippen molar-refractivity contribution in [2.45, 2.75) is 31.9 Å². The first-order valence-corrected chi connectivity index (χ1v) is 9.02. The summed E-state index contributed by atoms with van der Waals surface area (Å²) in [5.74, 6) is -0.730. The maximum atomic E-state index is 13.4. The summed E-state index contributed by atoms with van der Waals surface area (Å²) < 4.78 is 45.0. The van der Waals surface area contributed by atoms with Gasteiger partial charge in [-0.05, 0) is 35.8 Å². The Hall–Kier alpha value is -2.09. The molecule has 1 fully saturated rings.